The first-order chi connectivity index (χ1) is 13.7. The van der Waals surface area contributed by atoms with Gasteiger partial charge >= 0.3 is 0 Å². The van der Waals surface area contributed by atoms with Gasteiger partial charge in [-0.05, 0) is 72.5 Å². The summed E-state index contributed by atoms with van der Waals surface area (Å²) in [6.45, 7) is 18.2. The molecule has 0 aliphatic carbocycles. The summed E-state index contributed by atoms with van der Waals surface area (Å²) in [7, 11) is 2.20. The van der Waals surface area contributed by atoms with Crippen LogP contribution in [0.1, 0.15) is 86.8 Å². The van der Waals surface area contributed by atoms with E-state index in [1.165, 1.54) is 40.8 Å². The van der Waals surface area contributed by atoms with E-state index in [-0.39, 0.29) is 0 Å². The quantitative estimate of drug-likeness (QED) is 0.602. The van der Waals surface area contributed by atoms with Gasteiger partial charge in [0.25, 0.3) is 0 Å². The van der Waals surface area contributed by atoms with Crippen LogP contribution in [0.3, 0.4) is 0 Å². The van der Waals surface area contributed by atoms with Crippen LogP contribution in [-0.4, -0.2) is 29.4 Å². The van der Waals surface area contributed by atoms with E-state index in [2.05, 4.69) is 94.8 Å². The molecule has 0 saturated heterocycles. The van der Waals surface area contributed by atoms with Crippen LogP contribution in [0.25, 0.3) is 0 Å². The molecule has 158 valence electrons. The second-order valence-electron chi connectivity index (χ2n) is 9.85. The molecule has 0 atom stereocenters. The van der Waals surface area contributed by atoms with E-state index in [1.54, 1.807) is 5.56 Å². The van der Waals surface area contributed by atoms with Crippen molar-refractivity contribution in [1.82, 2.24) is 9.80 Å². The number of likely N-dealkylation sites (N-methyl/N-ethyl adjacent to an activating group) is 1. The van der Waals surface area contributed by atoms with Crippen molar-refractivity contribution in [2.45, 2.75) is 85.5 Å². The fraction of sp³-hybridized carbons (Fsp3) is 0.556. The molecule has 2 heterocycles. The van der Waals surface area contributed by atoms with Gasteiger partial charge < -0.3 is 4.90 Å². The summed E-state index contributed by atoms with van der Waals surface area (Å²) in [6.07, 6.45) is 1.21. The molecule has 0 radical (unpaired) electrons. The molecule has 2 nitrogen and oxygen atoms in total. The second-order valence-corrected chi connectivity index (χ2v) is 9.85. The van der Waals surface area contributed by atoms with Crippen molar-refractivity contribution in [1.29, 1.82) is 0 Å². The van der Waals surface area contributed by atoms with Crippen molar-refractivity contribution >= 4 is 0 Å². The first-order valence-corrected chi connectivity index (χ1v) is 11.4. The zero-order valence-corrected chi connectivity index (χ0v) is 19.6. The Morgan fingerprint density at radius 2 is 1.17 bits per heavy atom. The van der Waals surface area contributed by atoms with Gasteiger partial charge in [0.2, 0.25) is 0 Å². The van der Waals surface area contributed by atoms with Gasteiger partial charge in [-0.1, -0.05) is 64.1 Å². The standard InChI is InChI=1S/C14H21N.C13H19N/c1-10(2)12-5-6-13-8-15(11(3)4)9-14(13)7-12;1-10(2)12-5-4-11-6-7-14(3)9-13(11)8-12/h5-7,10-11H,8-9H2,1-4H3;4-5,8,10H,6-7,9H2,1-3H3. The molecule has 0 aromatic heterocycles. The predicted molar refractivity (Wildman–Crippen MR) is 125 cm³/mol. The summed E-state index contributed by atoms with van der Waals surface area (Å²) in [5.41, 5.74) is 9.08. The fourth-order valence-corrected chi connectivity index (χ4v) is 4.24. The Labute approximate surface area is 178 Å². The third-order valence-corrected chi connectivity index (χ3v) is 6.47. The Kier molecular flexibility index (Phi) is 7.19. The summed E-state index contributed by atoms with van der Waals surface area (Å²) in [5, 5.41) is 0. The van der Waals surface area contributed by atoms with Crippen LogP contribution in [0.5, 0.6) is 0 Å². The van der Waals surface area contributed by atoms with Gasteiger partial charge in [0.15, 0.2) is 0 Å². The van der Waals surface area contributed by atoms with E-state index < -0.39 is 0 Å². The maximum absolute atomic E-state index is 2.52. The van der Waals surface area contributed by atoms with E-state index in [4.69, 9.17) is 0 Å². The highest BCUT2D eigenvalue weighted by molar-refractivity contribution is 5.36. The summed E-state index contributed by atoms with van der Waals surface area (Å²) in [4.78, 5) is 4.92. The van der Waals surface area contributed by atoms with Gasteiger partial charge in [0, 0.05) is 32.2 Å². The summed E-state index contributed by atoms with van der Waals surface area (Å²) >= 11 is 0. The number of rotatable bonds is 3. The van der Waals surface area contributed by atoms with Gasteiger partial charge in [0.1, 0.15) is 0 Å². The maximum atomic E-state index is 2.52. The number of hydrogen-bond acceptors (Lipinski definition) is 2. The molecule has 0 spiro atoms. The molecule has 0 saturated carbocycles. The zero-order chi connectivity index (χ0) is 21.1. The SMILES string of the molecule is CC(C)c1ccc2c(c1)CN(C(C)C)C2.CC(C)c1ccc2c(c1)CN(C)CC2. The minimum atomic E-state index is 0.642. The molecular formula is C27H40N2. The second kappa shape index (κ2) is 9.45. The lowest BCUT2D eigenvalue weighted by Crippen LogP contribution is -2.26. The highest BCUT2D eigenvalue weighted by Gasteiger charge is 2.21. The molecule has 2 aliphatic heterocycles. The molecular weight excluding hydrogens is 352 g/mol. The average molecular weight is 393 g/mol. The van der Waals surface area contributed by atoms with Crippen LogP contribution in [0.4, 0.5) is 0 Å². The largest absolute Gasteiger partial charge is 0.302 e. The number of benzene rings is 2. The molecule has 2 aromatic rings. The Hall–Kier alpha value is -1.64. The zero-order valence-electron chi connectivity index (χ0n) is 19.6. The average Bonchev–Trinajstić information content (AvgIpc) is 3.11. The molecule has 0 unspecified atom stereocenters. The molecule has 0 N–H and O–H groups in total. The molecule has 2 aromatic carbocycles. The lowest BCUT2D eigenvalue weighted by atomic mass is 9.94. The van der Waals surface area contributed by atoms with Gasteiger partial charge in [-0.3, -0.25) is 4.90 Å². The van der Waals surface area contributed by atoms with E-state index in [9.17, 15) is 0 Å². The molecule has 2 heteroatoms. The Balaban J connectivity index is 0.000000166. The third-order valence-electron chi connectivity index (χ3n) is 6.47. The van der Waals surface area contributed by atoms with Crippen LogP contribution < -0.4 is 0 Å². The highest BCUT2D eigenvalue weighted by atomic mass is 15.2. The van der Waals surface area contributed by atoms with Crippen molar-refractivity contribution < 1.29 is 0 Å². The lowest BCUT2D eigenvalue weighted by Gasteiger charge is -2.25. The van der Waals surface area contributed by atoms with E-state index in [1.807, 2.05) is 0 Å². The minimum absolute atomic E-state index is 0.642. The van der Waals surface area contributed by atoms with E-state index in [0.717, 1.165) is 19.6 Å². The predicted octanol–water partition coefficient (Wildman–Crippen LogP) is 6.33. The first kappa shape index (κ1) is 22.1. The van der Waals surface area contributed by atoms with Crippen LogP contribution in [0.15, 0.2) is 36.4 Å². The minimum Gasteiger partial charge on any atom is -0.302 e. The summed E-state index contributed by atoms with van der Waals surface area (Å²) in [6, 6.07) is 14.6. The van der Waals surface area contributed by atoms with Crippen molar-refractivity contribution in [2.24, 2.45) is 0 Å². The van der Waals surface area contributed by atoms with Crippen molar-refractivity contribution in [3.05, 3.63) is 69.8 Å². The van der Waals surface area contributed by atoms with E-state index >= 15 is 0 Å². The molecule has 0 fully saturated rings. The molecule has 2 aliphatic rings. The van der Waals surface area contributed by atoms with Gasteiger partial charge in [-0.2, -0.15) is 0 Å². The van der Waals surface area contributed by atoms with Crippen molar-refractivity contribution in [3.63, 3.8) is 0 Å². The van der Waals surface area contributed by atoms with Gasteiger partial charge in [0.05, 0.1) is 0 Å². The van der Waals surface area contributed by atoms with Crippen LogP contribution in [-0.2, 0) is 26.1 Å². The summed E-state index contributed by atoms with van der Waals surface area (Å²) < 4.78 is 0. The van der Waals surface area contributed by atoms with Gasteiger partial charge in [-0.15, -0.1) is 0 Å². The van der Waals surface area contributed by atoms with Crippen LogP contribution in [0, 0.1) is 0 Å². The monoisotopic (exact) mass is 392 g/mol. The summed E-state index contributed by atoms with van der Waals surface area (Å²) in [5.74, 6) is 1.29. The molecule has 0 amide bonds. The van der Waals surface area contributed by atoms with E-state index in [0.29, 0.717) is 17.9 Å². The highest BCUT2D eigenvalue weighted by Crippen LogP contribution is 2.27. The van der Waals surface area contributed by atoms with Crippen molar-refractivity contribution in [3.8, 4) is 0 Å². The number of hydrogen-bond donors (Lipinski definition) is 0. The smallest absolute Gasteiger partial charge is 0.0243 e. The lowest BCUT2D eigenvalue weighted by molar-refractivity contribution is 0.227. The van der Waals surface area contributed by atoms with Crippen LogP contribution in [0.2, 0.25) is 0 Å². The number of nitrogens with zero attached hydrogens (tertiary/aromatic N) is 2. The molecule has 29 heavy (non-hydrogen) atoms. The topological polar surface area (TPSA) is 6.48 Å². The Morgan fingerprint density at radius 3 is 1.72 bits per heavy atom. The number of fused-ring (bicyclic) bond motifs is 2. The van der Waals surface area contributed by atoms with Crippen molar-refractivity contribution in [2.75, 3.05) is 13.6 Å². The maximum Gasteiger partial charge on any atom is 0.0243 e. The van der Waals surface area contributed by atoms with Crippen LogP contribution >= 0.6 is 0 Å². The first-order valence-electron chi connectivity index (χ1n) is 11.4. The fourth-order valence-electron chi connectivity index (χ4n) is 4.24. The Morgan fingerprint density at radius 1 is 0.655 bits per heavy atom. The molecule has 4 rings (SSSR count). The third kappa shape index (κ3) is 5.49. The molecule has 0 bridgehead atoms. The normalized spacial score (nSPS) is 16.8. The Bertz CT molecular complexity index is 819. The van der Waals surface area contributed by atoms with Gasteiger partial charge in [-0.25, -0.2) is 0 Å².